The third-order valence-electron chi connectivity index (χ3n) is 6.10. The van der Waals surface area contributed by atoms with Crippen LogP contribution in [0.5, 0.6) is 0 Å². The first-order chi connectivity index (χ1) is 13.0. The van der Waals surface area contributed by atoms with Crippen LogP contribution in [0, 0.1) is 31.5 Å². The molecular formula is C20H20FN3O3. The Morgan fingerprint density at radius 1 is 1.07 bits per heavy atom. The number of amides is 2. The zero-order chi connectivity index (χ0) is 18.9. The lowest BCUT2D eigenvalue weighted by Crippen LogP contribution is -2.35. The molecular weight excluding hydrogens is 349 g/mol. The Kier molecular flexibility index (Phi) is 3.53. The number of aryl methyl sites for hydroxylation is 1. The lowest BCUT2D eigenvalue weighted by molar-refractivity contribution is -0.124. The maximum absolute atomic E-state index is 13.1. The van der Waals surface area contributed by atoms with E-state index in [9.17, 15) is 14.0 Å². The van der Waals surface area contributed by atoms with E-state index in [1.165, 1.54) is 17.0 Å². The predicted molar refractivity (Wildman–Crippen MR) is 94.6 cm³/mol. The van der Waals surface area contributed by atoms with Crippen molar-refractivity contribution >= 4 is 17.5 Å². The van der Waals surface area contributed by atoms with Gasteiger partial charge in [0.1, 0.15) is 5.82 Å². The predicted octanol–water partition coefficient (Wildman–Crippen LogP) is 2.35. The summed E-state index contributed by atoms with van der Waals surface area (Å²) in [6.07, 6.45) is 1.44. The summed E-state index contributed by atoms with van der Waals surface area (Å²) in [5, 5.41) is 4.53. The van der Waals surface area contributed by atoms with Crippen LogP contribution in [0.2, 0.25) is 0 Å². The molecule has 2 aromatic rings. The minimum Gasteiger partial charge on any atom is -0.373 e. The maximum atomic E-state index is 13.1. The third kappa shape index (κ3) is 2.31. The van der Waals surface area contributed by atoms with Crippen LogP contribution in [-0.2, 0) is 20.9 Å². The topological polar surface area (TPSA) is 64.4 Å². The van der Waals surface area contributed by atoms with Crippen molar-refractivity contribution in [3.63, 3.8) is 0 Å². The number of benzene rings is 1. The molecule has 5 rings (SSSR count). The highest BCUT2D eigenvalue weighted by Crippen LogP contribution is 2.50. The highest BCUT2D eigenvalue weighted by Gasteiger charge is 2.63. The minimum absolute atomic E-state index is 0.128. The van der Waals surface area contributed by atoms with Crippen LogP contribution in [0.3, 0.4) is 0 Å². The van der Waals surface area contributed by atoms with E-state index in [-0.39, 0.29) is 41.7 Å². The van der Waals surface area contributed by atoms with Gasteiger partial charge in [-0.1, -0.05) is 12.1 Å². The van der Waals surface area contributed by atoms with Crippen molar-refractivity contribution in [3.8, 4) is 0 Å². The number of carbonyl (C=O) groups excluding carboxylic acids is 2. The van der Waals surface area contributed by atoms with Crippen molar-refractivity contribution in [2.75, 3.05) is 4.90 Å². The van der Waals surface area contributed by atoms with Crippen molar-refractivity contribution in [2.45, 2.75) is 45.4 Å². The summed E-state index contributed by atoms with van der Waals surface area (Å²) in [6.45, 7) is 4.12. The molecule has 2 amide bonds. The fourth-order valence-electron chi connectivity index (χ4n) is 4.86. The fraction of sp³-hybridized carbons (Fsp3) is 0.450. The second-order valence-electron chi connectivity index (χ2n) is 7.66. The number of fused-ring (bicyclic) bond motifs is 5. The van der Waals surface area contributed by atoms with Gasteiger partial charge in [0.2, 0.25) is 11.8 Å². The van der Waals surface area contributed by atoms with E-state index in [0.29, 0.717) is 17.9 Å². The number of carbonyl (C=O) groups is 2. The van der Waals surface area contributed by atoms with Crippen LogP contribution in [0.1, 0.15) is 29.8 Å². The van der Waals surface area contributed by atoms with Gasteiger partial charge in [0, 0.05) is 0 Å². The Morgan fingerprint density at radius 3 is 2.26 bits per heavy atom. The van der Waals surface area contributed by atoms with Crippen LogP contribution < -0.4 is 4.90 Å². The van der Waals surface area contributed by atoms with Crippen LogP contribution in [0.4, 0.5) is 10.1 Å². The lowest BCUT2D eigenvalue weighted by Gasteiger charge is -2.18. The smallest absolute Gasteiger partial charge is 0.240 e. The molecule has 4 heterocycles. The van der Waals surface area contributed by atoms with Gasteiger partial charge < -0.3 is 4.74 Å². The highest BCUT2D eigenvalue weighted by molar-refractivity contribution is 6.23. The largest absolute Gasteiger partial charge is 0.373 e. The first kappa shape index (κ1) is 16.6. The van der Waals surface area contributed by atoms with Gasteiger partial charge in [-0.2, -0.15) is 5.10 Å². The van der Waals surface area contributed by atoms with Gasteiger partial charge in [-0.05, 0) is 44.4 Å². The van der Waals surface area contributed by atoms with E-state index in [1.807, 2.05) is 13.8 Å². The summed E-state index contributed by atoms with van der Waals surface area (Å²) < 4.78 is 20.7. The number of imide groups is 1. The Bertz CT molecular complexity index is 924. The number of rotatable bonds is 3. The number of halogens is 1. The molecule has 1 aromatic heterocycles. The molecule has 7 heteroatoms. The standard InChI is InChI=1S/C20H20FN3O3/c1-10-18(11(2)23(22-10)9-12-3-5-13(21)6-4-12)24-19(25)16-14-7-8-15(27-14)17(16)20(24)26/h3-6,14-17H,7-9H2,1-2H3/t14-,15+,16-,17-/m0/s1. The Labute approximate surface area is 155 Å². The van der Waals surface area contributed by atoms with Gasteiger partial charge in [0.25, 0.3) is 0 Å². The second-order valence-corrected chi connectivity index (χ2v) is 7.66. The van der Waals surface area contributed by atoms with Gasteiger partial charge in [-0.15, -0.1) is 0 Å². The zero-order valence-electron chi connectivity index (χ0n) is 15.2. The molecule has 1 aromatic carbocycles. The van der Waals surface area contributed by atoms with Gasteiger partial charge in [-0.3, -0.25) is 14.3 Å². The van der Waals surface area contributed by atoms with Crippen LogP contribution in [-0.4, -0.2) is 33.8 Å². The molecule has 3 aliphatic rings. The number of hydrogen-bond donors (Lipinski definition) is 0. The number of aromatic nitrogens is 2. The van der Waals surface area contributed by atoms with E-state index in [2.05, 4.69) is 5.10 Å². The molecule has 3 aliphatic heterocycles. The summed E-state index contributed by atoms with van der Waals surface area (Å²) >= 11 is 0. The average Bonchev–Trinajstić information content (AvgIpc) is 3.37. The molecule has 0 unspecified atom stereocenters. The number of nitrogens with zero attached hydrogens (tertiary/aromatic N) is 3. The third-order valence-corrected chi connectivity index (χ3v) is 6.10. The van der Waals surface area contributed by atoms with Gasteiger partial charge >= 0.3 is 0 Å². The molecule has 3 fully saturated rings. The van der Waals surface area contributed by atoms with E-state index < -0.39 is 0 Å². The quantitative estimate of drug-likeness (QED) is 0.779. The van der Waals surface area contributed by atoms with Crippen molar-refractivity contribution in [1.29, 1.82) is 0 Å². The second kappa shape index (κ2) is 5.73. The summed E-state index contributed by atoms with van der Waals surface area (Å²) in [7, 11) is 0. The van der Waals surface area contributed by atoms with Gasteiger partial charge in [0.05, 0.1) is 47.7 Å². The molecule has 0 radical (unpaired) electrons. The molecule has 140 valence electrons. The fourth-order valence-corrected chi connectivity index (χ4v) is 4.86. The number of ether oxygens (including phenoxy) is 1. The first-order valence-corrected chi connectivity index (χ1v) is 9.27. The van der Waals surface area contributed by atoms with Crippen LogP contribution in [0.25, 0.3) is 0 Å². The molecule has 0 N–H and O–H groups in total. The monoisotopic (exact) mass is 369 g/mol. The molecule has 0 saturated carbocycles. The van der Waals surface area contributed by atoms with Gasteiger partial charge in [-0.25, -0.2) is 9.29 Å². The first-order valence-electron chi connectivity index (χ1n) is 9.27. The Hall–Kier alpha value is -2.54. The zero-order valence-corrected chi connectivity index (χ0v) is 15.2. The van der Waals surface area contributed by atoms with Crippen molar-refractivity contribution in [3.05, 3.63) is 47.0 Å². The number of anilines is 1. The molecule has 4 atom stereocenters. The number of hydrogen-bond acceptors (Lipinski definition) is 4. The molecule has 2 bridgehead atoms. The average molecular weight is 369 g/mol. The SMILES string of the molecule is Cc1nn(Cc2ccc(F)cc2)c(C)c1N1C(=O)[C@@H]2[C@@H](C1=O)[C@H]1CC[C@@H]2O1. The summed E-state index contributed by atoms with van der Waals surface area (Å²) in [4.78, 5) is 27.4. The molecule has 0 aliphatic carbocycles. The highest BCUT2D eigenvalue weighted by atomic mass is 19.1. The lowest BCUT2D eigenvalue weighted by atomic mass is 9.81. The van der Waals surface area contributed by atoms with E-state index in [4.69, 9.17) is 4.74 Å². The van der Waals surface area contributed by atoms with Gasteiger partial charge in [0.15, 0.2) is 0 Å². The van der Waals surface area contributed by atoms with Crippen LogP contribution in [0.15, 0.2) is 24.3 Å². The molecule has 27 heavy (non-hydrogen) atoms. The van der Waals surface area contributed by atoms with Crippen molar-refractivity contribution < 1.29 is 18.7 Å². The molecule has 3 saturated heterocycles. The maximum Gasteiger partial charge on any atom is 0.240 e. The van der Waals surface area contributed by atoms with E-state index in [0.717, 1.165) is 24.1 Å². The summed E-state index contributed by atoms with van der Waals surface area (Å²) in [6, 6.07) is 6.23. The Balaban J connectivity index is 1.49. The molecule has 0 spiro atoms. The Morgan fingerprint density at radius 2 is 1.67 bits per heavy atom. The molecule has 6 nitrogen and oxygen atoms in total. The summed E-state index contributed by atoms with van der Waals surface area (Å²) in [5.74, 6) is -1.31. The summed E-state index contributed by atoms with van der Waals surface area (Å²) in [5.41, 5.74) is 2.88. The normalized spacial score (nSPS) is 29.1. The van der Waals surface area contributed by atoms with Crippen molar-refractivity contribution in [1.82, 2.24) is 9.78 Å². The van der Waals surface area contributed by atoms with Crippen molar-refractivity contribution in [2.24, 2.45) is 11.8 Å². The van der Waals surface area contributed by atoms with E-state index in [1.54, 1.807) is 16.8 Å². The van der Waals surface area contributed by atoms with E-state index >= 15 is 0 Å². The van der Waals surface area contributed by atoms with Crippen LogP contribution >= 0.6 is 0 Å². The minimum atomic E-state index is -0.351.